The van der Waals surface area contributed by atoms with Gasteiger partial charge >= 0.3 is 0 Å². The van der Waals surface area contributed by atoms with E-state index < -0.39 is 0 Å². The number of hydrogen-bond acceptors (Lipinski definition) is 20. The van der Waals surface area contributed by atoms with Gasteiger partial charge in [0.25, 0.3) is 0 Å². The fraction of sp³-hybridized carbons (Fsp3) is 0.176. The summed E-state index contributed by atoms with van der Waals surface area (Å²) < 4.78 is 28.0. The zero-order valence-electron chi connectivity index (χ0n) is 81.4. The topological polar surface area (TPSA) is 264 Å². The van der Waals surface area contributed by atoms with Gasteiger partial charge in [-0.2, -0.15) is 11.3 Å². The van der Waals surface area contributed by atoms with E-state index in [4.69, 9.17) is 34.3 Å². The standard InChI is InChI=1S/C21H19FN4.2C21H20N4.C20H18N4.C18H15N3O.C18H15N3S/c1-14-6-5-7-16(21(14)22)19-13-26(2)20(25-19)11-10-15-12-23-17-8-3-4-9-18(17)24-15;1-15-6-5-7-16(12-15)20-14-25(2)21(24-20)11-10-17-13-22-18-8-3-4-9-19(18)23-17;1-15-7-3-4-8-17(15)20-14-25(2)21(24-20)12-11-16-13-22-18-9-5-6-10-19(18)23-16;1-24-14-19(15-7-3-2-4-8-15)23-20(24)12-11-16-13-21-17-9-5-6-10-18(17)22-16;1-2-5-16-15(4-1)19-12-14(21-16)8-7-13-9-10-17(20-13)18-6-3-11-22-18;1-2-4-18-17(3-1)19-11-15(21-18)6-5-14-7-8-16(20-14)13-9-10-22-12-13/h3-9,12-13H,10-11H2,1-2H3;3-9,12-14H,10-11H2,1-2H3;3-10,13-14H,11-12H2,1-2H3;2-10,13-14H,11-12H2,1H3;1-6,10-12H,7-9H2;1-4,8-12H,5-7H2. The monoisotopic (exact) mass is 1910 g/mol. The lowest BCUT2D eigenvalue weighted by molar-refractivity contribution is 0.552. The molecule has 25 heteroatoms. The van der Waals surface area contributed by atoms with E-state index >= 15 is 0 Å². The highest BCUT2D eigenvalue weighted by atomic mass is 32.1. The maximum atomic E-state index is 14.4. The summed E-state index contributed by atoms with van der Waals surface area (Å²) in [6.45, 7) is 5.99. The van der Waals surface area contributed by atoms with Crippen molar-refractivity contribution in [2.75, 3.05) is 0 Å². The average molecular weight is 1910 g/mol. The molecule has 0 saturated carbocycles. The predicted octanol–water partition coefficient (Wildman–Crippen LogP) is 24.9. The van der Waals surface area contributed by atoms with E-state index in [0.717, 1.165) is 259 Å². The van der Waals surface area contributed by atoms with Crippen molar-refractivity contribution in [3.8, 4) is 45.0 Å². The summed E-state index contributed by atoms with van der Waals surface area (Å²) in [4.78, 5) is 83.3. The molecule has 24 rings (SSSR count). The number of aromatic nitrogens is 20. The van der Waals surface area contributed by atoms with Crippen LogP contribution in [0.5, 0.6) is 0 Å². The van der Waals surface area contributed by atoms with Crippen molar-refractivity contribution in [1.29, 1.82) is 0 Å². The molecule has 0 bridgehead atoms. The van der Waals surface area contributed by atoms with Crippen LogP contribution in [-0.4, -0.2) is 109 Å². The van der Waals surface area contributed by atoms with Crippen LogP contribution in [0.15, 0.2) is 366 Å². The predicted molar refractivity (Wildman–Crippen MR) is 575 cm³/mol. The minimum absolute atomic E-state index is 0.211. The Morgan fingerprint density at radius 2 is 0.625 bits per heavy atom. The van der Waals surface area contributed by atoms with Crippen molar-refractivity contribution in [2.24, 2.45) is 38.2 Å². The summed E-state index contributed by atoms with van der Waals surface area (Å²) in [5.74, 6) is 4.71. The van der Waals surface area contributed by atoms with Crippen LogP contribution in [0.4, 0.5) is 4.39 Å². The number of aryl methyl sites for hydroxylation is 17. The van der Waals surface area contributed by atoms with E-state index in [1.165, 1.54) is 33.7 Å². The molecule has 0 amide bonds. The summed E-state index contributed by atoms with van der Waals surface area (Å²) in [6.07, 6.45) is 37.2. The van der Waals surface area contributed by atoms with Crippen molar-refractivity contribution >= 4 is 100 Å². The molecule has 10 aromatic carbocycles. The second kappa shape index (κ2) is 45.8. The van der Waals surface area contributed by atoms with Gasteiger partial charge in [-0.3, -0.25) is 39.9 Å². The number of hydrogen-bond donors (Lipinski definition) is 0. The van der Waals surface area contributed by atoms with Crippen molar-refractivity contribution in [3.05, 3.63) is 443 Å². The molecule has 0 saturated heterocycles. The second-order valence-electron chi connectivity index (χ2n) is 35.6. The first kappa shape index (κ1) is 95.7. The largest absolute Gasteiger partial charge is 0.463 e. The van der Waals surface area contributed by atoms with Gasteiger partial charge in [0.2, 0.25) is 0 Å². The number of furan rings is 1. The zero-order chi connectivity index (χ0) is 98.5. The summed E-state index contributed by atoms with van der Waals surface area (Å²) in [5.41, 5.74) is 33.7. The van der Waals surface area contributed by atoms with Crippen LogP contribution in [-0.2, 0) is 92.4 Å². The molecule has 0 aliphatic carbocycles. The number of para-hydroxylation sites is 12. The van der Waals surface area contributed by atoms with Crippen LogP contribution in [0.3, 0.4) is 0 Å². The molecule has 0 fully saturated rings. The molecule has 0 spiro atoms. The first-order valence-corrected chi connectivity index (χ1v) is 49.4. The molecule has 2 aliphatic rings. The summed E-state index contributed by atoms with van der Waals surface area (Å²) in [6, 6.07) is 86.0. The van der Waals surface area contributed by atoms with Gasteiger partial charge in [-0.05, 0) is 198 Å². The molecule has 0 N–H and O–H groups in total. The Balaban J connectivity index is 0.000000109. The van der Waals surface area contributed by atoms with E-state index in [1.54, 1.807) is 36.7 Å². The van der Waals surface area contributed by atoms with Crippen molar-refractivity contribution in [3.63, 3.8) is 0 Å². The number of thiophene rings is 1. The van der Waals surface area contributed by atoms with Gasteiger partial charge in [0.15, 0.2) is 5.76 Å². The highest BCUT2D eigenvalue weighted by molar-refractivity contribution is 7.08. The highest BCUT2D eigenvalue weighted by Gasteiger charge is 2.20. The van der Waals surface area contributed by atoms with Crippen molar-refractivity contribution < 1.29 is 8.81 Å². The maximum Gasteiger partial charge on any atom is 0.151 e. The lowest BCUT2D eigenvalue weighted by Gasteiger charge is -2.03. The smallest absolute Gasteiger partial charge is 0.151 e. The van der Waals surface area contributed by atoms with Gasteiger partial charge in [0.05, 0.1) is 135 Å². The van der Waals surface area contributed by atoms with Crippen LogP contribution in [0.25, 0.3) is 123 Å². The van der Waals surface area contributed by atoms with Gasteiger partial charge in [-0.1, -0.05) is 169 Å². The molecule has 712 valence electrons. The average Bonchev–Trinajstić information content (AvgIpc) is 1.69. The fourth-order valence-corrected chi connectivity index (χ4v) is 17.9. The number of rotatable bonds is 24. The van der Waals surface area contributed by atoms with Crippen molar-refractivity contribution in [1.82, 2.24) is 98.0 Å². The number of halogens is 1. The Morgan fingerprint density at radius 1 is 0.292 bits per heavy atom. The minimum Gasteiger partial charge on any atom is -0.463 e. The number of benzene rings is 10. The third kappa shape index (κ3) is 24.4. The van der Waals surface area contributed by atoms with Gasteiger partial charge in [-0.15, -0.1) is 0 Å². The lowest BCUT2D eigenvalue weighted by Crippen LogP contribution is -2.02. The van der Waals surface area contributed by atoms with E-state index in [1.807, 2.05) is 251 Å². The van der Waals surface area contributed by atoms with E-state index in [9.17, 15) is 4.39 Å². The molecule has 12 aromatic heterocycles. The first-order chi connectivity index (χ1) is 70.6. The maximum absolute atomic E-state index is 14.4. The third-order valence-corrected chi connectivity index (χ3v) is 25.8. The highest BCUT2D eigenvalue weighted by Crippen LogP contribution is 2.32. The zero-order valence-corrected chi connectivity index (χ0v) is 82.2. The van der Waals surface area contributed by atoms with Gasteiger partial charge in [0, 0.05) is 173 Å². The number of allylic oxidation sites excluding steroid dienone is 2. The quantitative estimate of drug-likeness (QED) is 0.0544. The molecule has 0 atom stereocenters. The molecular weight excluding hydrogens is 1800 g/mol. The number of aliphatic imine (C=N–C) groups is 2. The van der Waals surface area contributed by atoms with E-state index in [-0.39, 0.29) is 5.82 Å². The molecular formula is C119H107FN22OS. The normalized spacial score (nSPS) is 12.1. The summed E-state index contributed by atoms with van der Waals surface area (Å²) in [7, 11) is 8.08. The SMILES string of the molecule is C1=C(c2ccco2)N=C(CCc2cnc3ccccc3n2)C1.C1=C(c2ccsc2)N=C(CCc2cnc3ccccc3n2)C1.Cc1cccc(-c2cn(C)c(CCc3cnc4ccccc4n3)n2)c1.Cc1cccc(-c2cn(C)c(CCc3cnc4ccccc4n3)n2)c1F.Cc1ccccc1-c1cn(C)c(CCc2cnc3ccccc3n2)n1.Cn1cc(-c2ccccc2)nc1CCc1cnc2ccccc2n1. The van der Waals surface area contributed by atoms with Gasteiger partial charge < -0.3 is 22.7 Å². The second-order valence-corrected chi connectivity index (χ2v) is 36.4. The molecule has 0 radical (unpaired) electrons. The third-order valence-electron chi connectivity index (χ3n) is 25.1. The Kier molecular flexibility index (Phi) is 30.5. The molecule has 14 heterocycles. The van der Waals surface area contributed by atoms with Crippen LogP contribution in [0.1, 0.15) is 111 Å². The molecule has 23 nitrogen and oxygen atoms in total. The minimum atomic E-state index is -0.211. The fourth-order valence-electron chi connectivity index (χ4n) is 17.2. The van der Waals surface area contributed by atoms with Gasteiger partial charge in [0.1, 0.15) is 34.8 Å². The Hall–Kier alpha value is -17.2. The summed E-state index contributed by atoms with van der Waals surface area (Å²) >= 11 is 1.71. The van der Waals surface area contributed by atoms with E-state index in [0.29, 0.717) is 16.8 Å². The molecule has 144 heavy (non-hydrogen) atoms. The Morgan fingerprint density at radius 3 is 1.02 bits per heavy atom. The first-order valence-electron chi connectivity index (χ1n) is 48.4. The van der Waals surface area contributed by atoms with Crippen LogP contribution in [0.2, 0.25) is 0 Å². The Labute approximate surface area is 838 Å². The number of nitrogens with zero attached hydrogens (tertiary/aromatic N) is 22. The molecule has 22 aromatic rings. The summed E-state index contributed by atoms with van der Waals surface area (Å²) in [5, 5.41) is 4.24. The molecule has 0 unspecified atom stereocenters. The van der Waals surface area contributed by atoms with Crippen LogP contribution in [0, 0.1) is 26.6 Å². The number of fused-ring (bicyclic) bond motifs is 6. The van der Waals surface area contributed by atoms with Crippen LogP contribution < -0.4 is 0 Å². The van der Waals surface area contributed by atoms with Crippen molar-refractivity contribution in [2.45, 2.75) is 111 Å². The van der Waals surface area contributed by atoms with E-state index in [2.05, 4.69) is 203 Å². The lowest BCUT2D eigenvalue weighted by atomic mass is 10.1. The Bertz CT molecular complexity index is 8220. The number of imidazole rings is 4. The van der Waals surface area contributed by atoms with Gasteiger partial charge in [-0.25, -0.2) is 54.2 Å². The van der Waals surface area contributed by atoms with Crippen LogP contribution >= 0.6 is 11.3 Å². The molecule has 2 aliphatic heterocycles.